The Morgan fingerprint density at radius 3 is 2.28 bits per heavy atom. The maximum atomic E-state index is 11.4. The minimum atomic E-state index is -0.365. The Kier molecular flexibility index (Phi) is 2.35. The lowest BCUT2D eigenvalue weighted by Crippen LogP contribution is -2.42. The van der Waals surface area contributed by atoms with Gasteiger partial charge in [-0.05, 0) is 67.9 Å². The van der Waals surface area contributed by atoms with E-state index in [1.54, 1.807) is 0 Å². The van der Waals surface area contributed by atoms with Gasteiger partial charge in [-0.15, -0.1) is 0 Å². The lowest BCUT2D eigenvalue weighted by molar-refractivity contribution is -0.0360. The van der Waals surface area contributed by atoms with Gasteiger partial charge in [0.25, 0.3) is 0 Å². The average Bonchev–Trinajstić information content (AvgIpc) is 3.30. The molecule has 0 aliphatic heterocycles. The molecule has 0 heterocycles. The number of aryl methyl sites for hydroxylation is 1. The van der Waals surface area contributed by atoms with E-state index in [9.17, 15) is 5.11 Å². The third kappa shape index (κ3) is 1.56. The summed E-state index contributed by atoms with van der Waals surface area (Å²) in [6, 6.07) is 8.84. The normalized spacial score (nSPS) is 27.9. The first-order valence-corrected chi connectivity index (χ1v) is 7.60. The summed E-state index contributed by atoms with van der Waals surface area (Å²) in [5.41, 5.74) is 2.59. The predicted molar refractivity (Wildman–Crippen MR) is 72.5 cm³/mol. The number of benzene rings is 1. The summed E-state index contributed by atoms with van der Waals surface area (Å²) in [5, 5.41) is 11.4. The van der Waals surface area contributed by atoms with E-state index in [4.69, 9.17) is 0 Å². The SMILES string of the molecule is OC(C1CC1)(C1CC1)C1CCCc2ccccc21. The van der Waals surface area contributed by atoms with Crippen LogP contribution in [0.5, 0.6) is 0 Å². The molecule has 4 rings (SSSR count). The van der Waals surface area contributed by atoms with E-state index < -0.39 is 0 Å². The van der Waals surface area contributed by atoms with Gasteiger partial charge in [0.1, 0.15) is 0 Å². The van der Waals surface area contributed by atoms with E-state index in [0.29, 0.717) is 17.8 Å². The van der Waals surface area contributed by atoms with Crippen LogP contribution in [0.15, 0.2) is 24.3 Å². The molecule has 0 aromatic heterocycles. The van der Waals surface area contributed by atoms with Gasteiger partial charge in [0.2, 0.25) is 0 Å². The Labute approximate surface area is 109 Å². The van der Waals surface area contributed by atoms with Gasteiger partial charge < -0.3 is 5.11 Å². The molecule has 96 valence electrons. The zero-order valence-corrected chi connectivity index (χ0v) is 10.9. The fraction of sp³-hybridized carbons (Fsp3) is 0.647. The van der Waals surface area contributed by atoms with E-state index in [1.807, 2.05) is 0 Å². The molecule has 18 heavy (non-hydrogen) atoms. The van der Waals surface area contributed by atoms with Crippen LogP contribution in [0.2, 0.25) is 0 Å². The molecular weight excluding hydrogens is 220 g/mol. The summed E-state index contributed by atoms with van der Waals surface area (Å²) >= 11 is 0. The maximum Gasteiger partial charge on any atom is 0.0772 e. The van der Waals surface area contributed by atoms with Crippen molar-refractivity contribution in [3.63, 3.8) is 0 Å². The maximum absolute atomic E-state index is 11.4. The molecule has 0 spiro atoms. The van der Waals surface area contributed by atoms with Gasteiger partial charge in [-0.2, -0.15) is 0 Å². The van der Waals surface area contributed by atoms with Crippen LogP contribution in [0.3, 0.4) is 0 Å². The number of rotatable bonds is 3. The van der Waals surface area contributed by atoms with Gasteiger partial charge in [-0.1, -0.05) is 24.3 Å². The first kappa shape index (κ1) is 11.0. The van der Waals surface area contributed by atoms with Crippen molar-refractivity contribution in [1.82, 2.24) is 0 Å². The van der Waals surface area contributed by atoms with Crippen molar-refractivity contribution in [3.8, 4) is 0 Å². The summed E-state index contributed by atoms with van der Waals surface area (Å²) in [5.74, 6) is 1.62. The molecule has 0 saturated heterocycles. The second kappa shape index (κ2) is 3.84. The smallest absolute Gasteiger partial charge is 0.0772 e. The highest BCUT2D eigenvalue weighted by Gasteiger charge is 2.57. The second-order valence-electron chi connectivity index (χ2n) is 6.58. The summed E-state index contributed by atoms with van der Waals surface area (Å²) in [4.78, 5) is 0. The van der Waals surface area contributed by atoms with Crippen molar-refractivity contribution in [1.29, 1.82) is 0 Å². The molecule has 1 atom stereocenters. The van der Waals surface area contributed by atoms with Crippen LogP contribution in [0.4, 0.5) is 0 Å². The third-order valence-corrected chi connectivity index (χ3v) is 5.39. The van der Waals surface area contributed by atoms with Gasteiger partial charge in [0, 0.05) is 5.92 Å². The van der Waals surface area contributed by atoms with Crippen LogP contribution in [0.25, 0.3) is 0 Å². The zero-order valence-electron chi connectivity index (χ0n) is 10.9. The fourth-order valence-electron chi connectivity index (χ4n) is 4.23. The van der Waals surface area contributed by atoms with Crippen LogP contribution in [0, 0.1) is 11.8 Å². The van der Waals surface area contributed by atoms with Crippen LogP contribution in [-0.4, -0.2) is 10.7 Å². The molecule has 0 bridgehead atoms. The van der Waals surface area contributed by atoms with E-state index >= 15 is 0 Å². The monoisotopic (exact) mass is 242 g/mol. The molecule has 0 radical (unpaired) electrons. The Balaban J connectivity index is 1.76. The standard InChI is InChI=1S/C17H22O/c18-17(13-8-9-13,14-10-11-14)16-7-3-5-12-4-1-2-6-15(12)16/h1-2,4,6,13-14,16,18H,3,5,7-11H2. The number of hydrogen-bond donors (Lipinski definition) is 1. The van der Waals surface area contributed by atoms with Crippen molar-refractivity contribution in [2.24, 2.45) is 11.8 Å². The second-order valence-corrected chi connectivity index (χ2v) is 6.58. The molecule has 3 aliphatic rings. The largest absolute Gasteiger partial charge is 0.389 e. The minimum absolute atomic E-state index is 0.365. The lowest BCUT2D eigenvalue weighted by atomic mass is 9.69. The Morgan fingerprint density at radius 2 is 1.61 bits per heavy atom. The van der Waals surface area contributed by atoms with Crippen LogP contribution in [-0.2, 0) is 6.42 Å². The molecule has 3 aliphatic carbocycles. The van der Waals surface area contributed by atoms with E-state index in [1.165, 1.54) is 56.1 Å². The van der Waals surface area contributed by atoms with Crippen molar-refractivity contribution < 1.29 is 5.11 Å². The molecule has 1 aromatic carbocycles. The minimum Gasteiger partial charge on any atom is -0.389 e. The molecule has 1 heteroatoms. The van der Waals surface area contributed by atoms with E-state index in [-0.39, 0.29) is 5.60 Å². The van der Waals surface area contributed by atoms with Gasteiger partial charge in [-0.3, -0.25) is 0 Å². The molecule has 1 N–H and O–H groups in total. The highest BCUT2D eigenvalue weighted by Crippen LogP contribution is 2.59. The van der Waals surface area contributed by atoms with E-state index in [0.717, 1.165) is 0 Å². The molecule has 1 aromatic rings. The molecule has 1 nitrogen and oxygen atoms in total. The quantitative estimate of drug-likeness (QED) is 0.857. The number of fused-ring (bicyclic) bond motifs is 1. The highest BCUT2D eigenvalue weighted by molar-refractivity contribution is 5.36. The highest BCUT2D eigenvalue weighted by atomic mass is 16.3. The zero-order chi connectivity index (χ0) is 12.2. The van der Waals surface area contributed by atoms with Crippen molar-refractivity contribution >= 4 is 0 Å². The average molecular weight is 242 g/mol. The first-order valence-electron chi connectivity index (χ1n) is 7.60. The molecule has 0 amide bonds. The van der Waals surface area contributed by atoms with Gasteiger partial charge in [0.15, 0.2) is 0 Å². The van der Waals surface area contributed by atoms with Crippen molar-refractivity contribution in [2.75, 3.05) is 0 Å². The Morgan fingerprint density at radius 1 is 0.944 bits per heavy atom. The van der Waals surface area contributed by atoms with Crippen molar-refractivity contribution in [3.05, 3.63) is 35.4 Å². The van der Waals surface area contributed by atoms with Crippen LogP contribution in [0.1, 0.15) is 55.6 Å². The number of aliphatic hydroxyl groups is 1. The predicted octanol–water partition coefficient (Wildman–Crippen LogP) is 3.66. The van der Waals surface area contributed by atoms with Gasteiger partial charge >= 0.3 is 0 Å². The summed E-state index contributed by atoms with van der Waals surface area (Å²) in [6.45, 7) is 0. The molecular formula is C17H22O. The van der Waals surface area contributed by atoms with Crippen LogP contribution < -0.4 is 0 Å². The lowest BCUT2D eigenvalue weighted by Gasteiger charge is -2.40. The van der Waals surface area contributed by atoms with Gasteiger partial charge in [0.05, 0.1) is 5.60 Å². The topological polar surface area (TPSA) is 20.2 Å². The van der Waals surface area contributed by atoms with E-state index in [2.05, 4.69) is 24.3 Å². The summed E-state index contributed by atoms with van der Waals surface area (Å²) < 4.78 is 0. The third-order valence-electron chi connectivity index (χ3n) is 5.39. The Hall–Kier alpha value is -0.820. The fourth-order valence-corrected chi connectivity index (χ4v) is 4.23. The molecule has 2 saturated carbocycles. The summed E-state index contributed by atoms with van der Waals surface area (Å²) in [7, 11) is 0. The number of hydrogen-bond acceptors (Lipinski definition) is 1. The van der Waals surface area contributed by atoms with Crippen LogP contribution >= 0.6 is 0 Å². The summed E-state index contributed by atoms with van der Waals surface area (Å²) in [6.07, 6.45) is 8.68. The molecule has 2 fully saturated rings. The van der Waals surface area contributed by atoms with Crippen molar-refractivity contribution in [2.45, 2.75) is 56.5 Å². The Bertz CT molecular complexity index is 444. The first-order chi connectivity index (χ1) is 8.80. The van der Waals surface area contributed by atoms with Gasteiger partial charge in [-0.25, -0.2) is 0 Å². The molecule has 1 unspecified atom stereocenters.